The van der Waals surface area contributed by atoms with Gasteiger partial charge in [0, 0.05) is 28.0 Å². The fourth-order valence-electron chi connectivity index (χ4n) is 2.60. The summed E-state index contributed by atoms with van der Waals surface area (Å²) in [4.78, 5) is 0. The lowest BCUT2D eigenvalue weighted by molar-refractivity contribution is 0.415. The van der Waals surface area contributed by atoms with Gasteiger partial charge < -0.3 is 5.73 Å². The van der Waals surface area contributed by atoms with Gasteiger partial charge in [0.2, 0.25) is 0 Å². The summed E-state index contributed by atoms with van der Waals surface area (Å²) < 4.78 is 27.4. The maximum Gasteiger partial charge on any atom is 0.185 e. The number of nitrogen functional groups attached to an aromatic ring is 1. The first-order valence-electron chi connectivity index (χ1n) is 6.75. The van der Waals surface area contributed by atoms with Gasteiger partial charge in [-0.05, 0) is 47.9 Å². The third-order valence-corrected chi connectivity index (χ3v) is 5.10. The van der Waals surface area contributed by atoms with Gasteiger partial charge in [0.1, 0.15) is 5.82 Å². The highest BCUT2D eigenvalue weighted by Crippen LogP contribution is 2.30. The van der Waals surface area contributed by atoms with Crippen LogP contribution in [0.15, 0.2) is 12.1 Å². The van der Waals surface area contributed by atoms with Crippen LogP contribution in [0.4, 0.5) is 10.1 Å². The van der Waals surface area contributed by atoms with Gasteiger partial charge in [0.15, 0.2) is 5.82 Å². The fourth-order valence-corrected chi connectivity index (χ4v) is 3.88. The van der Waals surface area contributed by atoms with E-state index in [9.17, 15) is 8.60 Å². The van der Waals surface area contributed by atoms with Crippen LogP contribution in [0, 0.1) is 12.7 Å². The number of nitrogens with two attached hydrogens (primary N) is 1. The molecule has 0 amide bonds. The molecule has 21 heavy (non-hydrogen) atoms. The van der Waals surface area contributed by atoms with Crippen molar-refractivity contribution >= 4 is 16.5 Å². The number of aryl methyl sites for hydroxylation is 1. The second-order valence-electron chi connectivity index (χ2n) is 5.23. The van der Waals surface area contributed by atoms with Crippen molar-refractivity contribution in [3.05, 3.63) is 23.5 Å². The fraction of sp³-hybridized carbons (Fsp3) is 0.462. The Labute approximate surface area is 124 Å². The third-order valence-electron chi connectivity index (χ3n) is 3.71. The molecule has 0 saturated carbocycles. The Balaban J connectivity index is 2.01. The molecular formula is C13H16FN5OS. The first-order chi connectivity index (χ1) is 10.1. The number of tetrazole rings is 1. The van der Waals surface area contributed by atoms with Crippen molar-refractivity contribution in [3.63, 3.8) is 0 Å². The molecule has 2 heterocycles. The number of hydrogen-bond acceptors (Lipinski definition) is 5. The third kappa shape index (κ3) is 2.67. The zero-order valence-electron chi connectivity index (χ0n) is 11.6. The van der Waals surface area contributed by atoms with E-state index in [2.05, 4.69) is 15.5 Å². The second-order valence-corrected chi connectivity index (χ2v) is 6.92. The van der Waals surface area contributed by atoms with Crippen LogP contribution in [0.25, 0.3) is 11.4 Å². The second kappa shape index (κ2) is 5.51. The number of aromatic nitrogens is 4. The molecule has 1 aromatic carbocycles. The van der Waals surface area contributed by atoms with Crippen LogP contribution in [-0.2, 0) is 10.8 Å². The van der Waals surface area contributed by atoms with Gasteiger partial charge in [-0.2, -0.15) is 0 Å². The van der Waals surface area contributed by atoms with Crippen LogP contribution in [0.5, 0.6) is 0 Å². The van der Waals surface area contributed by atoms with Gasteiger partial charge in [-0.15, -0.1) is 5.10 Å². The van der Waals surface area contributed by atoms with Crippen LogP contribution in [0.2, 0.25) is 0 Å². The number of hydrogen-bond donors (Lipinski definition) is 1. The SMILES string of the molecule is Cc1cc(N)cc(-c2nnnn2C2CCS(=O)CC2)c1F. The predicted molar refractivity (Wildman–Crippen MR) is 78.5 cm³/mol. The molecule has 1 fully saturated rings. The first-order valence-corrected chi connectivity index (χ1v) is 8.24. The Morgan fingerprint density at radius 1 is 1.38 bits per heavy atom. The van der Waals surface area contributed by atoms with Crippen LogP contribution < -0.4 is 5.73 Å². The van der Waals surface area contributed by atoms with Gasteiger partial charge >= 0.3 is 0 Å². The molecule has 1 aromatic heterocycles. The molecule has 0 bridgehead atoms. The number of nitrogens with zero attached hydrogens (tertiary/aromatic N) is 4. The summed E-state index contributed by atoms with van der Waals surface area (Å²) in [6, 6.07) is 3.18. The largest absolute Gasteiger partial charge is 0.399 e. The maximum atomic E-state index is 14.3. The monoisotopic (exact) mass is 309 g/mol. The number of benzene rings is 1. The molecule has 1 aliphatic heterocycles. The van der Waals surface area contributed by atoms with Crippen molar-refractivity contribution in [1.29, 1.82) is 0 Å². The summed E-state index contributed by atoms with van der Waals surface area (Å²) in [6.07, 6.45) is 1.46. The van der Waals surface area contributed by atoms with Crippen LogP contribution >= 0.6 is 0 Å². The molecule has 0 atom stereocenters. The lowest BCUT2D eigenvalue weighted by atomic mass is 10.1. The van der Waals surface area contributed by atoms with E-state index in [4.69, 9.17) is 5.73 Å². The molecule has 1 aliphatic rings. The summed E-state index contributed by atoms with van der Waals surface area (Å²) in [5, 5.41) is 11.6. The predicted octanol–water partition coefficient (Wildman–Crippen LogP) is 1.45. The molecule has 3 rings (SSSR count). The molecule has 2 aromatic rings. The summed E-state index contributed by atoms with van der Waals surface area (Å²) in [7, 11) is -0.761. The van der Waals surface area contributed by atoms with Crippen molar-refractivity contribution < 1.29 is 8.60 Å². The van der Waals surface area contributed by atoms with E-state index < -0.39 is 10.8 Å². The van der Waals surface area contributed by atoms with Gasteiger partial charge in [-0.25, -0.2) is 9.07 Å². The highest BCUT2D eigenvalue weighted by Gasteiger charge is 2.25. The Bertz CT molecular complexity index is 692. The summed E-state index contributed by atoms with van der Waals surface area (Å²) in [5.74, 6) is 1.27. The van der Waals surface area contributed by atoms with E-state index in [1.165, 1.54) is 0 Å². The highest BCUT2D eigenvalue weighted by molar-refractivity contribution is 7.85. The van der Waals surface area contributed by atoms with E-state index in [1.54, 1.807) is 23.7 Å². The lowest BCUT2D eigenvalue weighted by Crippen LogP contribution is -2.23. The van der Waals surface area contributed by atoms with Gasteiger partial charge in [0.05, 0.1) is 11.6 Å². The molecule has 0 aliphatic carbocycles. The zero-order valence-corrected chi connectivity index (χ0v) is 12.4. The van der Waals surface area contributed by atoms with Crippen LogP contribution in [0.3, 0.4) is 0 Å². The van der Waals surface area contributed by atoms with Crippen LogP contribution in [-0.4, -0.2) is 35.9 Å². The van der Waals surface area contributed by atoms with E-state index in [0.29, 0.717) is 34.1 Å². The Morgan fingerprint density at radius 3 is 2.81 bits per heavy atom. The minimum absolute atomic E-state index is 0.0498. The Hall–Kier alpha value is -1.83. The first kappa shape index (κ1) is 14.1. The zero-order chi connectivity index (χ0) is 15.0. The van der Waals surface area contributed by atoms with Crippen LogP contribution in [0.1, 0.15) is 24.4 Å². The molecule has 0 spiro atoms. The molecule has 0 radical (unpaired) electrons. The summed E-state index contributed by atoms with van der Waals surface area (Å²) in [5.41, 5.74) is 7.04. The van der Waals surface area contributed by atoms with Crippen molar-refractivity contribution in [1.82, 2.24) is 20.2 Å². The van der Waals surface area contributed by atoms with Crippen molar-refractivity contribution in [3.8, 4) is 11.4 Å². The smallest absolute Gasteiger partial charge is 0.185 e. The van der Waals surface area contributed by atoms with E-state index in [0.717, 1.165) is 12.8 Å². The van der Waals surface area contributed by atoms with Crippen molar-refractivity contribution in [2.45, 2.75) is 25.8 Å². The van der Waals surface area contributed by atoms with Gasteiger partial charge in [0.25, 0.3) is 0 Å². The highest BCUT2D eigenvalue weighted by atomic mass is 32.2. The normalized spacial score (nSPS) is 22.4. The van der Waals surface area contributed by atoms with Gasteiger partial charge in [-0.1, -0.05) is 0 Å². The quantitative estimate of drug-likeness (QED) is 0.849. The average molecular weight is 309 g/mol. The Morgan fingerprint density at radius 2 is 2.10 bits per heavy atom. The molecule has 1 saturated heterocycles. The molecule has 0 unspecified atom stereocenters. The number of rotatable bonds is 2. The lowest BCUT2D eigenvalue weighted by Gasteiger charge is -2.22. The summed E-state index contributed by atoms with van der Waals surface area (Å²) >= 11 is 0. The molecular weight excluding hydrogens is 293 g/mol. The molecule has 6 nitrogen and oxygen atoms in total. The minimum atomic E-state index is -0.761. The maximum absolute atomic E-state index is 14.3. The van der Waals surface area contributed by atoms with E-state index in [1.807, 2.05) is 0 Å². The summed E-state index contributed by atoms with van der Waals surface area (Å²) in [6.45, 7) is 1.66. The van der Waals surface area contributed by atoms with Gasteiger partial charge in [-0.3, -0.25) is 4.21 Å². The average Bonchev–Trinajstić information content (AvgIpc) is 2.93. The number of halogens is 1. The minimum Gasteiger partial charge on any atom is -0.399 e. The molecule has 8 heteroatoms. The molecule has 112 valence electrons. The Kier molecular flexibility index (Phi) is 3.71. The number of anilines is 1. The van der Waals surface area contributed by atoms with Crippen molar-refractivity contribution in [2.24, 2.45) is 0 Å². The van der Waals surface area contributed by atoms with Crippen molar-refractivity contribution in [2.75, 3.05) is 17.2 Å². The molecule has 2 N–H and O–H groups in total. The standard InChI is InChI=1S/C13H16FN5OS/c1-8-6-9(15)7-11(12(8)14)13-16-17-18-19(13)10-2-4-21(20)5-3-10/h6-7,10H,2-5,15H2,1H3. The topological polar surface area (TPSA) is 86.7 Å². The van der Waals surface area contributed by atoms with E-state index in [-0.39, 0.29) is 11.9 Å². The van der Waals surface area contributed by atoms with E-state index >= 15 is 0 Å².